The second kappa shape index (κ2) is 282. The standard InChI is InChI=1S/8CHO2.2Fe.2K/c8*2-1-3;;;;/h8*(H,2,3);;;;/q8*-1;2*+3;2*+1. The van der Waals surface area contributed by atoms with Crippen LogP contribution in [0.15, 0.2) is 0 Å². The van der Waals surface area contributed by atoms with E-state index in [1.54, 1.807) is 0 Å². The molecule has 0 unspecified atom stereocenters. The van der Waals surface area contributed by atoms with Crippen LogP contribution in [0.4, 0.5) is 0 Å². The van der Waals surface area contributed by atoms with Gasteiger partial charge in [-0.05, 0) is 0 Å². The smallest absolute Gasteiger partial charge is 0.665 e. The molecule has 154 valence electrons. The van der Waals surface area contributed by atoms with Crippen LogP contribution in [-0.4, -0.2) is 92.6 Å². The summed E-state index contributed by atoms with van der Waals surface area (Å²) in [5, 5.41) is 54.1. The van der Waals surface area contributed by atoms with Gasteiger partial charge in [0, 0.05) is 0 Å². The van der Waals surface area contributed by atoms with Crippen LogP contribution in [0.1, 0.15) is 0 Å². The molecule has 0 aromatic carbocycles. The molecule has 0 aromatic rings. The maximum absolute atomic E-state index is 8.24. The second-order valence-electron chi connectivity index (χ2n) is 0.730. The van der Waals surface area contributed by atoms with Gasteiger partial charge >= 0.3 is 137 Å². The SMILES string of the molecule is O=[C-]O.O=[C-]O.O=[C-]O.O=[C-]O.O=[C-]O.O=[C-]O.O=[C-]O.O=[C-]O.[Fe+3].[Fe+3].[K+].[K+]. The monoisotopic (exact) mass is 550 g/mol. The van der Waals surface area contributed by atoms with Crippen LogP contribution in [0, 0.1) is 0 Å². The maximum Gasteiger partial charge on any atom is 3.00 e. The van der Waals surface area contributed by atoms with Crippen molar-refractivity contribution in [2.75, 3.05) is 0 Å². The first-order valence-electron chi connectivity index (χ1n) is 3.42. The Morgan fingerprint density at radius 3 is 0.286 bits per heavy atom. The van der Waals surface area contributed by atoms with Crippen molar-refractivity contribution >= 4 is 51.8 Å². The zero-order chi connectivity index (χ0) is 21.7. The van der Waals surface area contributed by atoms with E-state index in [1.165, 1.54) is 0 Å². The molecular weight excluding hydrogens is 542 g/mol. The molecule has 0 atom stereocenters. The average molecular weight is 550 g/mol. The molecule has 0 heterocycles. The predicted molar refractivity (Wildman–Crippen MR) is 66.6 cm³/mol. The van der Waals surface area contributed by atoms with Crippen LogP contribution < -0.4 is 103 Å². The molecule has 8 N–H and O–H groups in total. The van der Waals surface area contributed by atoms with Crippen LogP contribution in [-0.2, 0) is 72.5 Å². The van der Waals surface area contributed by atoms with Crippen molar-refractivity contribution in [3.05, 3.63) is 0 Å². The molecule has 0 aliphatic heterocycles. The van der Waals surface area contributed by atoms with Gasteiger partial charge in [0.1, 0.15) is 0 Å². The zero-order valence-electron chi connectivity index (χ0n) is 13.6. The largest absolute Gasteiger partial charge is 3.00 e. The predicted octanol–water partition coefficient (Wildman–Crippen LogP) is -9.10. The van der Waals surface area contributed by atoms with Gasteiger partial charge < -0.3 is 79.2 Å². The normalized spacial score (nSPS) is 3.43. The van der Waals surface area contributed by atoms with E-state index in [0.717, 1.165) is 0 Å². The molecule has 16 nitrogen and oxygen atoms in total. The van der Waals surface area contributed by atoms with Crippen molar-refractivity contribution in [2.45, 2.75) is 0 Å². The Kier molecular flexibility index (Phi) is 803. The van der Waals surface area contributed by atoms with Gasteiger partial charge in [-0.25, -0.2) is 0 Å². The fraction of sp³-hybridized carbons (Fsp3) is 0. The van der Waals surface area contributed by atoms with Gasteiger partial charge in [0.05, 0.1) is 0 Å². The molecule has 0 amide bonds. The third kappa shape index (κ3) is 3190000. The topological polar surface area (TPSA) is 298 Å². The molecule has 0 saturated carbocycles. The van der Waals surface area contributed by atoms with E-state index in [9.17, 15) is 0 Å². The van der Waals surface area contributed by atoms with Crippen LogP contribution in [0.25, 0.3) is 0 Å². The molecule has 20 heteroatoms. The fourth-order valence-electron chi connectivity index (χ4n) is 0. The molecule has 0 saturated heterocycles. The summed E-state index contributed by atoms with van der Waals surface area (Å²) >= 11 is 0. The van der Waals surface area contributed by atoms with Gasteiger partial charge in [0.25, 0.3) is 0 Å². The van der Waals surface area contributed by atoms with Crippen LogP contribution in [0.5, 0.6) is 0 Å². The van der Waals surface area contributed by atoms with Crippen molar-refractivity contribution < 1.29 is 216 Å². The maximum atomic E-state index is 8.24. The minimum Gasteiger partial charge on any atom is -0.665 e. The van der Waals surface area contributed by atoms with Gasteiger partial charge in [-0.2, -0.15) is 0 Å². The zero-order valence-corrected chi connectivity index (χ0v) is 22.0. The van der Waals surface area contributed by atoms with E-state index in [0.29, 0.717) is 51.8 Å². The van der Waals surface area contributed by atoms with E-state index in [1.807, 2.05) is 0 Å². The number of hydrogen-bond donors (Lipinski definition) is 8. The third-order valence-electron chi connectivity index (χ3n) is 0. The summed E-state index contributed by atoms with van der Waals surface area (Å²) in [4.78, 5) is 65.9. The molecule has 28 heavy (non-hydrogen) atoms. The average Bonchev–Trinajstić information content (AvgIpc) is 2.45. The Hall–Kier alpha value is 0.0717. The van der Waals surface area contributed by atoms with E-state index >= 15 is 0 Å². The summed E-state index contributed by atoms with van der Waals surface area (Å²) in [5.41, 5.74) is 0. The second-order valence-corrected chi connectivity index (χ2v) is 0.730. The Morgan fingerprint density at radius 1 is 0.286 bits per heavy atom. The molecule has 2 radical (unpaired) electrons. The summed E-state index contributed by atoms with van der Waals surface area (Å²) in [6, 6.07) is 0. The van der Waals surface area contributed by atoms with Gasteiger partial charge in [0.2, 0.25) is 0 Å². The summed E-state index contributed by atoms with van der Waals surface area (Å²) in [5.74, 6) is 0. The van der Waals surface area contributed by atoms with E-state index in [-0.39, 0.29) is 137 Å². The molecule has 0 rings (SSSR count). The molecular formula is C8H8Fe2K2O16. The molecule has 0 aliphatic rings. The fourth-order valence-corrected chi connectivity index (χ4v) is 0. The first-order valence-corrected chi connectivity index (χ1v) is 3.42. The molecule has 0 bridgehead atoms. The summed E-state index contributed by atoms with van der Waals surface area (Å²) in [7, 11) is 0. The van der Waals surface area contributed by atoms with Gasteiger partial charge in [-0.1, -0.05) is 51.8 Å². The molecule has 0 fully saturated rings. The van der Waals surface area contributed by atoms with Crippen molar-refractivity contribution in [2.24, 2.45) is 0 Å². The number of hydrogen-bond acceptors (Lipinski definition) is 8. The Morgan fingerprint density at radius 2 is 0.286 bits per heavy atom. The van der Waals surface area contributed by atoms with Gasteiger partial charge in [-0.3, -0.25) is 0 Å². The molecule has 0 spiro atoms. The molecule has 0 aliphatic carbocycles. The summed E-state index contributed by atoms with van der Waals surface area (Å²) in [6.07, 6.45) is 0. The number of rotatable bonds is 0. The van der Waals surface area contributed by atoms with Gasteiger partial charge in [0.15, 0.2) is 0 Å². The van der Waals surface area contributed by atoms with E-state index < -0.39 is 0 Å². The van der Waals surface area contributed by atoms with E-state index in [2.05, 4.69) is 0 Å². The van der Waals surface area contributed by atoms with Crippen molar-refractivity contribution in [1.82, 2.24) is 0 Å². The quantitative estimate of drug-likeness (QED) is 0.103. The Labute approximate surface area is 263 Å². The van der Waals surface area contributed by atoms with Crippen molar-refractivity contribution in [1.29, 1.82) is 0 Å². The van der Waals surface area contributed by atoms with Crippen molar-refractivity contribution in [3.8, 4) is 0 Å². The van der Waals surface area contributed by atoms with Gasteiger partial charge in [-0.15, -0.1) is 0 Å². The number of aliphatic hydroxyl groups excluding tert-OH is 8. The van der Waals surface area contributed by atoms with Crippen LogP contribution in [0.2, 0.25) is 0 Å². The van der Waals surface area contributed by atoms with Crippen molar-refractivity contribution in [3.63, 3.8) is 0 Å². The van der Waals surface area contributed by atoms with E-state index in [4.69, 9.17) is 79.2 Å². The third-order valence-corrected chi connectivity index (χ3v) is 0. The first kappa shape index (κ1) is 79.6. The van der Waals surface area contributed by atoms with Crippen LogP contribution >= 0.6 is 0 Å². The summed E-state index contributed by atoms with van der Waals surface area (Å²) in [6.45, 7) is 4.00. The van der Waals surface area contributed by atoms with Crippen LogP contribution in [0.3, 0.4) is 0 Å². The Bertz CT molecular complexity index is 175. The first-order chi connectivity index (χ1) is 11.3. The minimum atomic E-state index is 0. The summed E-state index contributed by atoms with van der Waals surface area (Å²) < 4.78 is 0. The Balaban J connectivity index is -0.0000000102. The molecule has 0 aromatic heterocycles. The minimum absolute atomic E-state index is 0.